The fraction of sp³-hybridized carbons (Fsp3) is 0.250. The van der Waals surface area contributed by atoms with Gasteiger partial charge in [-0.1, -0.05) is 5.16 Å². The van der Waals surface area contributed by atoms with Crippen molar-refractivity contribution in [3.8, 4) is 0 Å². The van der Waals surface area contributed by atoms with Gasteiger partial charge in [0.1, 0.15) is 16.9 Å². The molecule has 0 saturated heterocycles. The van der Waals surface area contributed by atoms with E-state index in [2.05, 4.69) is 9.68 Å². The summed E-state index contributed by atoms with van der Waals surface area (Å²) in [5.74, 6) is 0. The second kappa shape index (κ2) is 2.06. The molecule has 1 heterocycles. The molecule has 0 radical (unpaired) electrons. The lowest BCUT2D eigenvalue weighted by atomic mass is 10.5. The molecule has 1 rings (SSSR count). The highest BCUT2D eigenvalue weighted by molar-refractivity contribution is 7.89. The van der Waals surface area contributed by atoms with E-state index in [9.17, 15) is 8.42 Å². The molecule has 0 fully saturated rings. The lowest BCUT2D eigenvalue weighted by Crippen LogP contribution is -2.12. The predicted molar refractivity (Wildman–Crippen MR) is 34.7 cm³/mol. The molecular formula is C4H8N2O3S. The number of hydrogen-bond donors (Lipinski definition) is 1. The van der Waals surface area contributed by atoms with Gasteiger partial charge >= 0.3 is 0 Å². The maximum Gasteiger partial charge on any atom is 0.243 e. The van der Waals surface area contributed by atoms with Crippen molar-refractivity contribution in [3.63, 3.8) is 0 Å². The molecule has 1 aromatic rings. The zero-order valence-corrected chi connectivity index (χ0v) is 6.05. The summed E-state index contributed by atoms with van der Waals surface area (Å²) in [5, 5.41) is 8.12. The standard InChI is InChI=1S/C4H6N2O3S.H2/c1-3-4(2-9-6-3)10(5,7)8;/h2H,1H3,(H2,5,7,8);1H/i;1+2. The first-order chi connectivity index (χ1) is 4.52. The first-order valence-corrected chi connectivity index (χ1v) is 4.00. The first kappa shape index (κ1) is 7.23. The van der Waals surface area contributed by atoms with Gasteiger partial charge in [-0.2, -0.15) is 0 Å². The lowest BCUT2D eigenvalue weighted by Gasteiger charge is -1.88. The van der Waals surface area contributed by atoms with Gasteiger partial charge in [0.2, 0.25) is 10.0 Å². The van der Waals surface area contributed by atoms with Crippen molar-refractivity contribution in [2.45, 2.75) is 11.8 Å². The van der Waals surface area contributed by atoms with Crippen LogP contribution in [0.3, 0.4) is 0 Å². The SMILES string of the molecule is Cc1nocc1S(N)(=O)=O.[3HH]. The quantitative estimate of drug-likeness (QED) is 0.630. The average Bonchev–Trinajstić information content (AvgIpc) is 2.11. The summed E-state index contributed by atoms with van der Waals surface area (Å²) >= 11 is 0. The minimum Gasteiger partial charge on any atom is -0.363 e. The lowest BCUT2D eigenvalue weighted by molar-refractivity contribution is 0.413. The fourth-order valence-corrected chi connectivity index (χ4v) is 1.18. The molecule has 0 saturated carbocycles. The Balaban J connectivity index is 0.000001000. The molecule has 0 aliphatic heterocycles. The summed E-state index contributed by atoms with van der Waals surface area (Å²) in [5.41, 5.74) is 0.280. The maximum atomic E-state index is 10.6. The predicted octanol–water partition coefficient (Wildman–Crippen LogP) is -0.124. The molecule has 0 amide bonds. The molecule has 1 aromatic heterocycles. The van der Waals surface area contributed by atoms with E-state index >= 15 is 0 Å². The van der Waals surface area contributed by atoms with Gasteiger partial charge in [0, 0.05) is 1.43 Å². The summed E-state index contributed by atoms with van der Waals surface area (Å²) in [6.45, 7) is 1.50. The number of hydrogen-bond acceptors (Lipinski definition) is 4. The van der Waals surface area contributed by atoms with Gasteiger partial charge in [-0.3, -0.25) is 0 Å². The van der Waals surface area contributed by atoms with Crippen LogP contribution in [0.5, 0.6) is 0 Å². The van der Waals surface area contributed by atoms with Gasteiger partial charge in [-0.05, 0) is 6.92 Å². The zero-order chi connectivity index (χ0) is 7.78. The van der Waals surface area contributed by atoms with Crippen LogP contribution in [0.2, 0.25) is 0 Å². The molecule has 6 heteroatoms. The van der Waals surface area contributed by atoms with E-state index in [-0.39, 0.29) is 12.0 Å². The number of primary sulfonamides is 1. The van der Waals surface area contributed by atoms with E-state index in [1.807, 2.05) is 0 Å². The smallest absolute Gasteiger partial charge is 0.243 e. The van der Waals surface area contributed by atoms with Crippen molar-refractivity contribution in [2.24, 2.45) is 5.14 Å². The summed E-state index contributed by atoms with van der Waals surface area (Å²) in [6, 6.07) is 0. The second-order valence-corrected chi connectivity index (χ2v) is 3.34. The Kier molecular flexibility index (Phi) is 1.49. The number of aryl methyl sites for hydroxylation is 1. The van der Waals surface area contributed by atoms with E-state index in [0.29, 0.717) is 0 Å². The molecule has 0 spiro atoms. The molecule has 10 heavy (non-hydrogen) atoms. The zero-order valence-electron chi connectivity index (χ0n) is 5.23. The Morgan fingerprint density at radius 3 is 2.60 bits per heavy atom. The van der Waals surface area contributed by atoms with Gasteiger partial charge in [-0.15, -0.1) is 0 Å². The third-order valence-corrected chi connectivity index (χ3v) is 2.02. The molecular weight excluding hydrogens is 156 g/mol. The van der Waals surface area contributed by atoms with Gasteiger partial charge in [0.15, 0.2) is 0 Å². The fourth-order valence-electron chi connectivity index (χ4n) is 0.556. The molecule has 0 aliphatic carbocycles. The Hall–Kier alpha value is -0.880. The number of aromatic nitrogens is 1. The third-order valence-electron chi connectivity index (χ3n) is 1.01. The van der Waals surface area contributed by atoms with E-state index in [1.165, 1.54) is 6.92 Å². The van der Waals surface area contributed by atoms with Crippen molar-refractivity contribution in [1.29, 1.82) is 0 Å². The monoisotopic (exact) mass is 166 g/mol. The van der Waals surface area contributed by atoms with Crippen LogP contribution in [-0.2, 0) is 10.0 Å². The first-order valence-electron chi connectivity index (χ1n) is 2.45. The van der Waals surface area contributed by atoms with Crippen molar-refractivity contribution in [2.75, 3.05) is 0 Å². The summed E-state index contributed by atoms with van der Waals surface area (Å²) in [4.78, 5) is -0.0625. The highest BCUT2D eigenvalue weighted by Crippen LogP contribution is 2.09. The van der Waals surface area contributed by atoms with Crippen LogP contribution in [0.25, 0.3) is 0 Å². The Labute approximate surface area is 59.3 Å². The average molecular weight is 166 g/mol. The molecule has 0 bridgehead atoms. The number of nitrogens with two attached hydrogens (primary N) is 1. The second-order valence-electron chi connectivity index (χ2n) is 1.81. The molecule has 58 valence electrons. The minimum atomic E-state index is -3.65. The largest absolute Gasteiger partial charge is 0.363 e. The molecule has 0 aliphatic rings. The molecule has 0 atom stereocenters. The maximum absolute atomic E-state index is 10.6. The van der Waals surface area contributed by atoms with Crippen LogP contribution in [0, 0.1) is 6.92 Å². The third kappa shape index (κ3) is 1.17. The van der Waals surface area contributed by atoms with Crippen molar-refractivity contribution < 1.29 is 14.4 Å². The minimum absolute atomic E-state index is 0. The Morgan fingerprint density at radius 2 is 2.40 bits per heavy atom. The topological polar surface area (TPSA) is 86.2 Å². The molecule has 0 aromatic carbocycles. The molecule has 0 unspecified atom stereocenters. The van der Waals surface area contributed by atoms with Gasteiger partial charge in [-0.25, -0.2) is 13.6 Å². The number of rotatable bonds is 1. The van der Waals surface area contributed by atoms with Crippen LogP contribution >= 0.6 is 0 Å². The summed E-state index contributed by atoms with van der Waals surface area (Å²) in [7, 11) is -3.65. The van der Waals surface area contributed by atoms with Crippen LogP contribution in [0.1, 0.15) is 7.12 Å². The normalized spacial score (nSPS) is 11.8. The van der Waals surface area contributed by atoms with Gasteiger partial charge in [0.25, 0.3) is 0 Å². The van der Waals surface area contributed by atoms with Crippen molar-refractivity contribution in [3.05, 3.63) is 12.0 Å². The number of sulfonamides is 1. The van der Waals surface area contributed by atoms with Crippen molar-refractivity contribution in [1.82, 2.24) is 5.16 Å². The van der Waals surface area contributed by atoms with Crippen LogP contribution in [0.4, 0.5) is 0 Å². The van der Waals surface area contributed by atoms with Gasteiger partial charge < -0.3 is 4.52 Å². The highest BCUT2D eigenvalue weighted by Gasteiger charge is 2.14. The van der Waals surface area contributed by atoms with Gasteiger partial charge in [0.05, 0.1) is 0 Å². The van der Waals surface area contributed by atoms with Crippen LogP contribution in [0.15, 0.2) is 15.7 Å². The Bertz CT molecular complexity index is 331. The van der Waals surface area contributed by atoms with Crippen molar-refractivity contribution >= 4 is 10.0 Å². The van der Waals surface area contributed by atoms with E-state index < -0.39 is 10.0 Å². The molecule has 5 nitrogen and oxygen atoms in total. The van der Waals surface area contributed by atoms with Crippen LogP contribution < -0.4 is 5.14 Å². The molecule has 2 N–H and O–H groups in total. The Morgan fingerprint density at radius 1 is 1.80 bits per heavy atom. The van der Waals surface area contributed by atoms with E-state index in [4.69, 9.17) is 5.14 Å². The van der Waals surface area contributed by atoms with Crippen LogP contribution in [-0.4, -0.2) is 13.6 Å². The summed E-state index contributed by atoms with van der Waals surface area (Å²) < 4.78 is 25.5. The van der Waals surface area contributed by atoms with E-state index in [0.717, 1.165) is 6.26 Å². The van der Waals surface area contributed by atoms with E-state index in [1.54, 1.807) is 0 Å². The number of nitrogens with zero attached hydrogens (tertiary/aromatic N) is 1. The highest BCUT2D eigenvalue weighted by atomic mass is 32.2. The summed E-state index contributed by atoms with van der Waals surface area (Å²) in [6.07, 6.45) is 1.00.